The quantitative estimate of drug-likeness (QED) is 0.804. The number of hydrogen-bond donors (Lipinski definition) is 2. The second-order valence-electron chi connectivity index (χ2n) is 3.15. The topological polar surface area (TPSA) is 80.5 Å². The summed E-state index contributed by atoms with van der Waals surface area (Å²) in [5.41, 5.74) is 7.37. The highest BCUT2D eigenvalue weighted by atomic mass is 32.2. The first-order chi connectivity index (χ1) is 7.15. The summed E-state index contributed by atoms with van der Waals surface area (Å²) in [5.74, 6) is 0.781. The molecule has 0 unspecified atom stereocenters. The highest BCUT2D eigenvalue weighted by molar-refractivity contribution is 7.99. The van der Waals surface area contributed by atoms with Gasteiger partial charge >= 0.3 is 0 Å². The third-order valence-electron chi connectivity index (χ3n) is 1.79. The lowest BCUT2D eigenvalue weighted by Crippen LogP contribution is -1.93. The minimum absolute atomic E-state index is 0.636. The molecule has 15 heavy (non-hydrogen) atoms. The van der Waals surface area contributed by atoms with Crippen molar-refractivity contribution in [2.75, 3.05) is 5.73 Å². The van der Waals surface area contributed by atoms with E-state index in [2.05, 4.69) is 20.2 Å². The highest BCUT2D eigenvalue weighted by Gasteiger charge is 2.07. The molecule has 2 heterocycles. The van der Waals surface area contributed by atoms with E-state index in [-0.39, 0.29) is 0 Å². The number of aromatic nitrogens is 4. The largest absolute Gasteiger partial charge is 0.397 e. The summed E-state index contributed by atoms with van der Waals surface area (Å²) in [6.07, 6.45) is 0. The Kier molecular flexibility index (Phi) is 2.59. The van der Waals surface area contributed by atoms with E-state index in [9.17, 15) is 0 Å². The molecule has 0 aromatic carbocycles. The van der Waals surface area contributed by atoms with Gasteiger partial charge < -0.3 is 5.73 Å². The maximum atomic E-state index is 5.79. The summed E-state index contributed by atoms with van der Waals surface area (Å²) in [7, 11) is 0. The van der Waals surface area contributed by atoms with Crippen LogP contribution in [-0.4, -0.2) is 20.2 Å². The molecule has 0 amide bonds. The molecule has 0 bridgehead atoms. The van der Waals surface area contributed by atoms with E-state index in [1.807, 2.05) is 26.0 Å². The molecule has 0 fully saturated rings. The minimum Gasteiger partial charge on any atom is -0.397 e. The molecule has 0 spiro atoms. The maximum Gasteiger partial charge on any atom is 0.214 e. The average molecular weight is 221 g/mol. The summed E-state index contributed by atoms with van der Waals surface area (Å²) in [4.78, 5) is 8.50. The zero-order chi connectivity index (χ0) is 10.8. The predicted octanol–water partition coefficient (Wildman–Crippen LogP) is 1.55. The van der Waals surface area contributed by atoms with Crippen molar-refractivity contribution in [2.24, 2.45) is 0 Å². The molecular weight excluding hydrogens is 210 g/mol. The number of hydrogen-bond acceptors (Lipinski definition) is 5. The summed E-state index contributed by atoms with van der Waals surface area (Å²) in [5, 5.41) is 8.17. The Morgan fingerprint density at radius 2 is 2.07 bits per heavy atom. The van der Waals surface area contributed by atoms with Gasteiger partial charge in [-0.05, 0) is 37.7 Å². The van der Waals surface area contributed by atoms with Crippen molar-refractivity contribution < 1.29 is 0 Å². The number of rotatable bonds is 2. The molecule has 0 aliphatic heterocycles. The Morgan fingerprint density at radius 1 is 1.27 bits per heavy atom. The molecule has 78 valence electrons. The number of pyridine rings is 1. The van der Waals surface area contributed by atoms with E-state index in [1.165, 1.54) is 11.8 Å². The molecule has 2 rings (SSSR count). The van der Waals surface area contributed by atoms with E-state index in [1.54, 1.807) is 0 Å². The predicted molar refractivity (Wildman–Crippen MR) is 58.6 cm³/mol. The van der Waals surface area contributed by atoms with Gasteiger partial charge in [0.25, 0.3) is 0 Å². The van der Waals surface area contributed by atoms with E-state index >= 15 is 0 Å². The van der Waals surface area contributed by atoms with Gasteiger partial charge in [-0.15, -0.1) is 5.10 Å². The van der Waals surface area contributed by atoms with Gasteiger partial charge in [-0.2, -0.15) is 0 Å². The van der Waals surface area contributed by atoms with Crippen molar-refractivity contribution in [3.05, 3.63) is 23.7 Å². The molecule has 3 N–H and O–H groups in total. The smallest absolute Gasteiger partial charge is 0.214 e. The van der Waals surface area contributed by atoms with E-state index in [0.29, 0.717) is 10.8 Å². The fraction of sp³-hybridized carbons (Fsp3) is 0.222. The van der Waals surface area contributed by atoms with Gasteiger partial charge in [-0.3, -0.25) is 5.10 Å². The Morgan fingerprint density at radius 3 is 2.73 bits per heavy atom. The molecule has 0 aliphatic carbocycles. The van der Waals surface area contributed by atoms with E-state index < -0.39 is 0 Å². The zero-order valence-electron chi connectivity index (χ0n) is 8.48. The Balaban J connectivity index is 2.27. The van der Waals surface area contributed by atoms with Crippen LogP contribution in [0.4, 0.5) is 5.69 Å². The van der Waals surface area contributed by atoms with Gasteiger partial charge in [-0.25, -0.2) is 9.97 Å². The molecule has 0 radical (unpaired) electrons. The second kappa shape index (κ2) is 3.90. The Labute approximate surface area is 91.5 Å². The first-order valence-corrected chi connectivity index (χ1v) is 5.27. The Bertz CT molecular complexity index is 479. The van der Waals surface area contributed by atoms with Crippen molar-refractivity contribution in [1.29, 1.82) is 0 Å². The third kappa shape index (κ3) is 2.27. The summed E-state index contributed by atoms with van der Waals surface area (Å²) in [6, 6.07) is 3.72. The summed E-state index contributed by atoms with van der Waals surface area (Å²) >= 11 is 1.36. The van der Waals surface area contributed by atoms with Crippen LogP contribution in [-0.2, 0) is 0 Å². The fourth-order valence-electron chi connectivity index (χ4n) is 1.08. The van der Waals surface area contributed by atoms with Crippen molar-refractivity contribution in [2.45, 2.75) is 24.0 Å². The number of anilines is 1. The van der Waals surface area contributed by atoms with Crippen molar-refractivity contribution in [1.82, 2.24) is 20.2 Å². The summed E-state index contributed by atoms with van der Waals surface area (Å²) < 4.78 is 0. The first-order valence-electron chi connectivity index (χ1n) is 4.45. The lowest BCUT2D eigenvalue weighted by Gasteiger charge is -2.01. The number of aryl methyl sites for hydroxylation is 2. The molecule has 0 aliphatic rings. The van der Waals surface area contributed by atoms with Gasteiger partial charge in [-0.1, -0.05) is 0 Å². The van der Waals surface area contributed by atoms with Crippen LogP contribution in [0.15, 0.2) is 22.3 Å². The third-order valence-corrected chi connectivity index (χ3v) is 2.68. The van der Waals surface area contributed by atoms with Crippen LogP contribution in [0.5, 0.6) is 0 Å². The number of nitrogen functional groups attached to an aromatic ring is 1. The lowest BCUT2D eigenvalue weighted by molar-refractivity contribution is 0.962. The van der Waals surface area contributed by atoms with E-state index in [0.717, 1.165) is 16.5 Å². The molecule has 0 saturated carbocycles. The highest BCUT2D eigenvalue weighted by Crippen LogP contribution is 2.27. The van der Waals surface area contributed by atoms with E-state index in [4.69, 9.17) is 5.73 Å². The van der Waals surface area contributed by atoms with Gasteiger partial charge in [0.2, 0.25) is 5.16 Å². The average Bonchev–Trinajstić information content (AvgIpc) is 2.58. The van der Waals surface area contributed by atoms with Crippen LogP contribution in [0.25, 0.3) is 0 Å². The van der Waals surface area contributed by atoms with Crippen LogP contribution in [0.3, 0.4) is 0 Å². The normalized spacial score (nSPS) is 10.5. The van der Waals surface area contributed by atoms with Gasteiger partial charge in [0.1, 0.15) is 10.9 Å². The van der Waals surface area contributed by atoms with Crippen LogP contribution < -0.4 is 5.73 Å². The van der Waals surface area contributed by atoms with Crippen LogP contribution in [0, 0.1) is 13.8 Å². The van der Waals surface area contributed by atoms with Gasteiger partial charge in [0.15, 0.2) is 0 Å². The maximum absolute atomic E-state index is 5.79. The first kappa shape index (κ1) is 9.97. The standard InChI is InChI=1S/C9H11N5S/c1-5-3-4-7(10)8(11-5)15-9-12-6(2)13-14-9/h3-4H,10H2,1-2H3,(H,12,13,14). The molecule has 6 heteroatoms. The van der Waals surface area contributed by atoms with Crippen LogP contribution >= 0.6 is 11.8 Å². The number of aromatic amines is 1. The lowest BCUT2D eigenvalue weighted by atomic mass is 10.3. The molecule has 5 nitrogen and oxygen atoms in total. The van der Waals surface area contributed by atoms with Crippen molar-refractivity contribution in [3.8, 4) is 0 Å². The number of H-pyrrole nitrogens is 1. The van der Waals surface area contributed by atoms with Gasteiger partial charge in [0.05, 0.1) is 5.69 Å². The van der Waals surface area contributed by atoms with Crippen molar-refractivity contribution >= 4 is 17.4 Å². The second-order valence-corrected chi connectivity index (χ2v) is 4.11. The summed E-state index contributed by atoms with van der Waals surface area (Å²) in [6.45, 7) is 3.77. The molecular formula is C9H11N5S. The van der Waals surface area contributed by atoms with Gasteiger partial charge in [0, 0.05) is 5.69 Å². The molecule has 2 aromatic rings. The fourth-order valence-corrected chi connectivity index (χ4v) is 1.90. The molecule has 0 atom stereocenters. The number of nitrogens with one attached hydrogen (secondary N) is 1. The monoisotopic (exact) mass is 221 g/mol. The molecule has 2 aromatic heterocycles. The minimum atomic E-state index is 0.636. The Hall–Kier alpha value is -1.56. The SMILES string of the molecule is Cc1ccc(N)c(Sc2n[nH]c(C)n2)n1. The number of nitrogens with two attached hydrogens (primary N) is 1. The van der Waals surface area contributed by atoms with Crippen molar-refractivity contribution in [3.63, 3.8) is 0 Å². The molecule has 0 saturated heterocycles. The van der Waals surface area contributed by atoms with Crippen LogP contribution in [0.2, 0.25) is 0 Å². The number of nitrogens with zero attached hydrogens (tertiary/aromatic N) is 3. The van der Waals surface area contributed by atoms with Crippen LogP contribution in [0.1, 0.15) is 11.5 Å². The zero-order valence-corrected chi connectivity index (χ0v) is 9.30.